The molecule has 0 aliphatic carbocycles. The van der Waals surface area contributed by atoms with Crippen LogP contribution < -0.4 is 5.32 Å². The number of carbonyl (C=O) groups is 3. The molecule has 1 aliphatic rings. The van der Waals surface area contributed by atoms with Crippen molar-refractivity contribution in [2.24, 2.45) is 0 Å². The van der Waals surface area contributed by atoms with Gasteiger partial charge in [0, 0.05) is 25.5 Å². The van der Waals surface area contributed by atoms with Gasteiger partial charge in [-0.05, 0) is 13.3 Å². The van der Waals surface area contributed by atoms with Crippen LogP contribution in [0.1, 0.15) is 26.7 Å². The molecular formula is C10H17NO5. The summed E-state index contributed by atoms with van der Waals surface area (Å²) in [6.45, 7) is 6.57. The van der Waals surface area contributed by atoms with Crippen molar-refractivity contribution in [3.05, 3.63) is 12.2 Å². The molecule has 0 aromatic heterocycles. The van der Waals surface area contributed by atoms with E-state index in [9.17, 15) is 9.59 Å². The summed E-state index contributed by atoms with van der Waals surface area (Å²) in [5.41, 5.74) is 0.176. The smallest absolute Gasteiger partial charge is 0.330 e. The highest BCUT2D eigenvalue weighted by Crippen LogP contribution is 1.93. The van der Waals surface area contributed by atoms with Crippen LogP contribution in [0.15, 0.2) is 12.2 Å². The number of nitrogens with one attached hydrogen (secondary N) is 1. The number of carboxylic acids is 2. The largest absolute Gasteiger partial charge is 0.481 e. The third-order valence-electron chi connectivity index (χ3n) is 1.27. The third kappa shape index (κ3) is 18.0. The van der Waals surface area contributed by atoms with Crippen molar-refractivity contribution >= 4 is 17.8 Å². The van der Waals surface area contributed by atoms with Gasteiger partial charge in [-0.15, -0.1) is 0 Å². The predicted molar refractivity (Wildman–Crippen MR) is 58.0 cm³/mol. The maximum Gasteiger partial charge on any atom is 0.330 e. The van der Waals surface area contributed by atoms with Gasteiger partial charge in [-0.25, -0.2) is 4.79 Å². The zero-order valence-corrected chi connectivity index (χ0v) is 9.45. The molecule has 1 saturated heterocycles. The van der Waals surface area contributed by atoms with Crippen molar-refractivity contribution < 1.29 is 24.6 Å². The maximum atomic E-state index is 10.1. The molecule has 0 spiro atoms. The van der Waals surface area contributed by atoms with Crippen molar-refractivity contribution in [1.29, 1.82) is 0 Å². The molecule has 0 saturated carbocycles. The van der Waals surface area contributed by atoms with E-state index in [2.05, 4.69) is 11.9 Å². The lowest BCUT2D eigenvalue weighted by molar-refractivity contribution is -0.134. The molecule has 1 amide bonds. The highest BCUT2D eigenvalue weighted by molar-refractivity contribution is 5.84. The van der Waals surface area contributed by atoms with E-state index in [1.165, 1.54) is 6.92 Å². The van der Waals surface area contributed by atoms with Crippen LogP contribution >= 0.6 is 0 Å². The Kier molecular flexibility index (Phi) is 10.0. The van der Waals surface area contributed by atoms with Crippen molar-refractivity contribution in [3.63, 3.8) is 0 Å². The van der Waals surface area contributed by atoms with Gasteiger partial charge in [-0.1, -0.05) is 6.58 Å². The van der Waals surface area contributed by atoms with Gasteiger partial charge in [-0.3, -0.25) is 9.59 Å². The van der Waals surface area contributed by atoms with Gasteiger partial charge in [0.2, 0.25) is 5.91 Å². The SMILES string of the molecule is C=C(C)C(=O)O.CC(=O)O.O=C1CCCN1. The molecule has 92 valence electrons. The Bertz CT molecular complexity index is 248. The molecule has 1 aliphatic heterocycles. The molecule has 0 bridgehead atoms. The lowest BCUT2D eigenvalue weighted by Crippen LogP contribution is -2.12. The highest BCUT2D eigenvalue weighted by Gasteiger charge is 2.05. The van der Waals surface area contributed by atoms with E-state index in [-0.39, 0.29) is 11.5 Å². The summed E-state index contributed by atoms with van der Waals surface area (Å²) in [5.74, 6) is -1.56. The Morgan fingerprint density at radius 3 is 1.75 bits per heavy atom. The second-order valence-electron chi connectivity index (χ2n) is 3.06. The third-order valence-corrected chi connectivity index (χ3v) is 1.27. The summed E-state index contributed by atoms with van der Waals surface area (Å²) < 4.78 is 0. The number of hydrogen-bond donors (Lipinski definition) is 3. The zero-order chi connectivity index (χ0) is 13.1. The molecule has 0 atom stereocenters. The molecule has 0 aromatic rings. The maximum absolute atomic E-state index is 10.1. The fourth-order valence-corrected chi connectivity index (χ4v) is 0.565. The molecule has 1 rings (SSSR count). The Hall–Kier alpha value is -1.85. The Balaban J connectivity index is 0. The van der Waals surface area contributed by atoms with E-state index in [1.54, 1.807) is 0 Å². The first-order valence-corrected chi connectivity index (χ1v) is 4.62. The van der Waals surface area contributed by atoms with Crippen LogP contribution in [0.2, 0.25) is 0 Å². The van der Waals surface area contributed by atoms with Crippen LogP contribution in [-0.4, -0.2) is 34.6 Å². The summed E-state index contributed by atoms with van der Waals surface area (Å²) in [6.07, 6.45) is 1.76. The summed E-state index contributed by atoms with van der Waals surface area (Å²) in [7, 11) is 0. The standard InChI is InChI=1S/C4H7NO.C4H6O2.C2H4O2/c6-4-2-1-3-5-4;1-3(2)4(5)6;1-2(3)4/h1-3H2,(H,5,6);1H2,2H3,(H,5,6);1H3,(H,3,4). The van der Waals surface area contributed by atoms with Gasteiger partial charge in [0.05, 0.1) is 0 Å². The topological polar surface area (TPSA) is 104 Å². The summed E-state index contributed by atoms with van der Waals surface area (Å²) in [6, 6.07) is 0. The van der Waals surface area contributed by atoms with Crippen molar-refractivity contribution in [1.82, 2.24) is 5.32 Å². The molecule has 1 fully saturated rings. The molecule has 1 heterocycles. The van der Waals surface area contributed by atoms with Crippen molar-refractivity contribution in [3.8, 4) is 0 Å². The molecule has 6 nitrogen and oxygen atoms in total. The van der Waals surface area contributed by atoms with Gasteiger partial charge >= 0.3 is 5.97 Å². The first-order chi connectivity index (χ1) is 7.27. The number of amides is 1. The lowest BCUT2D eigenvalue weighted by atomic mass is 10.4. The normalized spacial score (nSPS) is 12.2. The number of carboxylic acid groups (broad SMARTS) is 2. The quantitative estimate of drug-likeness (QED) is 0.574. The van der Waals surface area contributed by atoms with E-state index < -0.39 is 11.9 Å². The predicted octanol–water partition coefficient (Wildman–Crippen LogP) is 0.634. The van der Waals surface area contributed by atoms with Gasteiger partial charge in [0.1, 0.15) is 0 Å². The average molecular weight is 231 g/mol. The summed E-state index contributed by atoms with van der Waals surface area (Å²) in [5, 5.41) is 18.0. The summed E-state index contributed by atoms with van der Waals surface area (Å²) in [4.78, 5) is 28.7. The minimum atomic E-state index is -0.935. The zero-order valence-electron chi connectivity index (χ0n) is 9.45. The molecule has 0 unspecified atom stereocenters. The molecule has 0 aromatic carbocycles. The van der Waals surface area contributed by atoms with Gasteiger partial charge in [-0.2, -0.15) is 0 Å². The number of hydrogen-bond acceptors (Lipinski definition) is 3. The van der Waals surface area contributed by atoms with E-state index >= 15 is 0 Å². The molecule has 3 N–H and O–H groups in total. The second-order valence-corrected chi connectivity index (χ2v) is 3.06. The van der Waals surface area contributed by atoms with E-state index in [1.807, 2.05) is 0 Å². The second kappa shape index (κ2) is 9.70. The van der Waals surface area contributed by atoms with Gasteiger partial charge in [0.15, 0.2) is 0 Å². The van der Waals surface area contributed by atoms with Crippen LogP contribution in [0.3, 0.4) is 0 Å². The number of carbonyl (C=O) groups excluding carboxylic acids is 1. The van der Waals surface area contributed by atoms with Gasteiger partial charge < -0.3 is 15.5 Å². The van der Waals surface area contributed by atoms with E-state index in [0.717, 1.165) is 26.3 Å². The Morgan fingerprint density at radius 2 is 1.69 bits per heavy atom. The Morgan fingerprint density at radius 1 is 1.31 bits per heavy atom. The first kappa shape index (κ1) is 16.6. The fourth-order valence-electron chi connectivity index (χ4n) is 0.565. The van der Waals surface area contributed by atoms with Crippen LogP contribution in [0.5, 0.6) is 0 Å². The number of rotatable bonds is 1. The minimum Gasteiger partial charge on any atom is -0.481 e. The first-order valence-electron chi connectivity index (χ1n) is 4.62. The minimum absolute atomic E-state index is 0.176. The summed E-state index contributed by atoms with van der Waals surface area (Å²) >= 11 is 0. The van der Waals surface area contributed by atoms with Crippen molar-refractivity contribution in [2.75, 3.05) is 6.54 Å². The average Bonchev–Trinajstić information content (AvgIpc) is 2.55. The highest BCUT2D eigenvalue weighted by atomic mass is 16.4. The van der Waals surface area contributed by atoms with Crippen LogP contribution in [-0.2, 0) is 14.4 Å². The number of aliphatic carboxylic acids is 2. The monoisotopic (exact) mass is 231 g/mol. The van der Waals surface area contributed by atoms with Crippen LogP contribution in [0.25, 0.3) is 0 Å². The van der Waals surface area contributed by atoms with E-state index in [0.29, 0.717) is 0 Å². The fraction of sp³-hybridized carbons (Fsp3) is 0.500. The molecule has 0 radical (unpaired) electrons. The van der Waals surface area contributed by atoms with E-state index in [4.69, 9.17) is 15.0 Å². The Labute approximate surface area is 94.0 Å². The lowest BCUT2D eigenvalue weighted by Gasteiger charge is -1.80. The van der Waals surface area contributed by atoms with Crippen LogP contribution in [0.4, 0.5) is 0 Å². The van der Waals surface area contributed by atoms with Gasteiger partial charge in [0.25, 0.3) is 5.97 Å². The molecule has 16 heavy (non-hydrogen) atoms. The molecular weight excluding hydrogens is 214 g/mol. The molecule has 6 heteroatoms. The van der Waals surface area contributed by atoms with Crippen LogP contribution in [0, 0.1) is 0 Å². The van der Waals surface area contributed by atoms with Crippen molar-refractivity contribution in [2.45, 2.75) is 26.7 Å².